The highest BCUT2D eigenvalue weighted by Gasteiger charge is 2.22. The minimum absolute atomic E-state index is 0.179. The summed E-state index contributed by atoms with van der Waals surface area (Å²) in [6.45, 7) is 1.67. The number of methoxy groups -OCH3 is 1. The van der Waals surface area contributed by atoms with Crippen molar-refractivity contribution in [2.45, 2.75) is 19.0 Å². The monoisotopic (exact) mass is 346 g/mol. The molecule has 1 atom stereocenters. The highest BCUT2D eigenvalue weighted by Crippen LogP contribution is 2.31. The highest BCUT2D eigenvalue weighted by atomic mass is 79.9. The highest BCUT2D eigenvalue weighted by molar-refractivity contribution is 9.10. The summed E-state index contributed by atoms with van der Waals surface area (Å²) in [6, 6.07) is 14.8. The van der Waals surface area contributed by atoms with Gasteiger partial charge < -0.3 is 15.4 Å². The van der Waals surface area contributed by atoms with Crippen LogP contribution in [0.2, 0.25) is 0 Å². The third-order valence-corrected chi connectivity index (χ3v) is 4.37. The molecule has 3 nitrogen and oxygen atoms in total. The van der Waals surface area contributed by atoms with Crippen molar-refractivity contribution in [2.24, 2.45) is 5.73 Å². The third kappa shape index (κ3) is 3.06. The number of ether oxygens (including phenoxy) is 1. The summed E-state index contributed by atoms with van der Waals surface area (Å²) < 4.78 is 6.54. The lowest BCUT2D eigenvalue weighted by Gasteiger charge is -2.35. The second-order valence-electron chi connectivity index (χ2n) is 5.43. The van der Waals surface area contributed by atoms with Crippen molar-refractivity contribution in [3.63, 3.8) is 0 Å². The summed E-state index contributed by atoms with van der Waals surface area (Å²) in [7, 11) is 1.71. The maximum atomic E-state index is 6.21. The van der Waals surface area contributed by atoms with Crippen LogP contribution in [0.1, 0.15) is 11.1 Å². The smallest absolute Gasteiger partial charge is 0.123 e. The molecule has 2 N–H and O–H groups in total. The van der Waals surface area contributed by atoms with E-state index in [0.29, 0.717) is 0 Å². The number of anilines is 1. The van der Waals surface area contributed by atoms with Crippen molar-refractivity contribution >= 4 is 21.6 Å². The Bertz CT molecular complexity index is 644. The van der Waals surface area contributed by atoms with E-state index in [9.17, 15) is 0 Å². The quantitative estimate of drug-likeness (QED) is 0.926. The van der Waals surface area contributed by atoms with Crippen molar-refractivity contribution in [1.29, 1.82) is 0 Å². The maximum absolute atomic E-state index is 6.21. The van der Waals surface area contributed by atoms with Gasteiger partial charge in [0.1, 0.15) is 5.75 Å². The Hall–Kier alpha value is -1.52. The Balaban J connectivity index is 1.93. The van der Waals surface area contributed by atoms with Gasteiger partial charge in [0, 0.05) is 34.9 Å². The Morgan fingerprint density at radius 1 is 1.29 bits per heavy atom. The van der Waals surface area contributed by atoms with Gasteiger partial charge in [-0.25, -0.2) is 0 Å². The molecule has 1 heterocycles. The first kappa shape index (κ1) is 14.4. The van der Waals surface area contributed by atoms with E-state index < -0.39 is 0 Å². The molecule has 3 rings (SSSR count). The van der Waals surface area contributed by atoms with Crippen molar-refractivity contribution in [1.82, 2.24) is 0 Å². The summed E-state index contributed by atoms with van der Waals surface area (Å²) in [5.74, 6) is 0.912. The van der Waals surface area contributed by atoms with Crippen LogP contribution < -0.4 is 15.4 Å². The van der Waals surface area contributed by atoms with Crippen molar-refractivity contribution in [2.75, 3.05) is 18.6 Å². The van der Waals surface area contributed by atoms with E-state index in [4.69, 9.17) is 10.5 Å². The molecule has 0 amide bonds. The van der Waals surface area contributed by atoms with Gasteiger partial charge in [-0.05, 0) is 36.2 Å². The molecule has 1 aliphatic heterocycles. The second-order valence-corrected chi connectivity index (χ2v) is 6.35. The number of hydrogen-bond acceptors (Lipinski definition) is 3. The summed E-state index contributed by atoms with van der Waals surface area (Å²) >= 11 is 3.54. The predicted octanol–water partition coefficient (Wildman–Crippen LogP) is 3.35. The lowest BCUT2D eigenvalue weighted by Crippen LogP contribution is -2.42. The fourth-order valence-electron chi connectivity index (χ4n) is 2.95. The molecule has 1 aliphatic rings. The average molecular weight is 347 g/mol. The largest absolute Gasteiger partial charge is 0.496 e. The Kier molecular flexibility index (Phi) is 4.17. The zero-order chi connectivity index (χ0) is 14.8. The van der Waals surface area contributed by atoms with E-state index in [1.165, 1.54) is 11.3 Å². The van der Waals surface area contributed by atoms with Crippen LogP contribution in [0.15, 0.2) is 46.9 Å². The molecular weight excluding hydrogens is 328 g/mol. The first-order valence-electron chi connectivity index (χ1n) is 7.08. The predicted molar refractivity (Wildman–Crippen MR) is 89.9 cm³/mol. The average Bonchev–Trinajstić information content (AvgIpc) is 2.47. The van der Waals surface area contributed by atoms with E-state index in [1.807, 2.05) is 12.1 Å². The molecule has 4 heteroatoms. The first-order valence-corrected chi connectivity index (χ1v) is 7.87. The number of fused-ring (bicyclic) bond motifs is 1. The van der Waals surface area contributed by atoms with Gasteiger partial charge in [-0.15, -0.1) is 0 Å². The van der Waals surface area contributed by atoms with Gasteiger partial charge >= 0.3 is 0 Å². The van der Waals surface area contributed by atoms with Crippen LogP contribution in [0.5, 0.6) is 5.75 Å². The molecule has 0 radical (unpaired) electrons. The molecule has 0 aliphatic carbocycles. The van der Waals surface area contributed by atoms with Crippen LogP contribution in [0, 0.1) is 0 Å². The number of benzene rings is 2. The van der Waals surface area contributed by atoms with E-state index in [-0.39, 0.29) is 6.04 Å². The Morgan fingerprint density at radius 3 is 2.90 bits per heavy atom. The molecule has 21 heavy (non-hydrogen) atoms. The molecule has 0 spiro atoms. The topological polar surface area (TPSA) is 38.5 Å². The van der Waals surface area contributed by atoms with Crippen LogP contribution in [0.4, 0.5) is 5.69 Å². The Morgan fingerprint density at radius 2 is 2.10 bits per heavy atom. The van der Waals surface area contributed by atoms with Gasteiger partial charge in [-0.2, -0.15) is 0 Å². The van der Waals surface area contributed by atoms with Crippen LogP contribution in [-0.2, 0) is 13.0 Å². The normalized spacial score (nSPS) is 17.5. The minimum Gasteiger partial charge on any atom is -0.496 e. The zero-order valence-corrected chi connectivity index (χ0v) is 13.6. The van der Waals surface area contributed by atoms with Gasteiger partial charge in [0.25, 0.3) is 0 Å². The molecule has 0 saturated heterocycles. The maximum Gasteiger partial charge on any atom is 0.123 e. The summed E-state index contributed by atoms with van der Waals surface area (Å²) in [6.07, 6.45) is 0.947. The molecule has 0 bridgehead atoms. The number of halogens is 1. The van der Waals surface area contributed by atoms with E-state index in [0.717, 1.165) is 35.3 Å². The molecule has 1 unspecified atom stereocenters. The molecule has 0 aromatic heterocycles. The standard InChI is InChI=1S/C17H19BrN2O/c1-21-17-7-6-14(18)8-13(17)10-20-11-15(19)9-12-4-2-3-5-16(12)20/h2-8,15H,9-11,19H2,1H3. The van der Waals surface area contributed by atoms with Crippen molar-refractivity contribution < 1.29 is 4.74 Å². The number of rotatable bonds is 3. The Labute approximate surface area is 133 Å². The fraction of sp³-hybridized carbons (Fsp3) is 0.294. The van der Waals surface area contributed by atoms with E-state index >= 15 is 0 Å². The lowest BCUT2D eigenvalue weighted by molar-refractivity contribution is 0.408. The molecular formula is C17H19BrN2O. The number of nitrogens with zero attached hydrogens (tertiary/aromatic N) is 1. The van der Waals surface area contributed by atoms with Gasteiger partial charge in [-0.3, -0.25) is 0 Å². The number of para-hydroxylation sites is 1. The second kappa shape index (κ2) is 6.08. The molecule has 110 valence electrons. The first-order chi connectivity index (χ1) is 10.2. The van der Waals surface area contributed by atoms with Crippen molar-refractivity contribution in [3.8, 4) is 5.75 Å². The number of hydrogen-bond donors (Lipinski definition) is 1. The van der Waals surface area contributed by atoms with Crippen LogP contribution >= 0.6 is 15.9 Å². The third-order valence-electron chi connectivity index (χ3n) is 3.87. The minimum atomic E-state index is 0.179. The van der Waals surface area contributed by atoms with Gasteiger partial charge in [0.15, 0.2) is 0 Å². The molecule has 2 aromatic rings. The summed E-state index contributed by atoms with van der Waals surface area (Å²) in [5.41, 5.74) is 9.98. The summed E-state index contributed by atoms with van der Waals surface area (Å²) in [5, 5.41) is 0. The van der Waals surface area contributed by atoms with Gasteiger partial charge in [0.05, 0.1) is 7.11 Å². The van der Waals surface area contributed by atoms with Gasteiger partial charge in [-0.1, -0.05) is 34.1 Å². The van der Waals surface area contributed by atoms with E-state index in [2.05, 4.69) is 51.2 Å². The fourth-order valence-corrected chi connectivity index (χ4v) is 3.35. The van der Waals surface area contributed by atoms with Crippen molar-refractivity contribution in [3.05, 3.63) is 58.1 Å². The SMILES string of the molecule is COc1ccc(Br)cc1CN1CC(N)Cc2ccccc21. The molecule has 2 aromatic carbocycles. The van der Waals surface area contributed by atoms with Gasteiger partial charge in [0.2, 0.25) is 0 Å². The van der Waals surface area contributed by atoms with Crippen LogP contribution in [0.3, 0.4) is 0 Å². The molecule has 0 fully saturated rings. The van der Waals surface area contributed by atoms with E-state index in [1.54, 1.807) is 7.11 Å². The summed E-state index contributed by atoms with van der Waals surface area (Å²) in [4.78, 5) is 2.34. The zero-order valence-electron chi connectivity index (χ0n) is 12.1. The van der Waals surface area contributed by atoms with Crippen LogP contribution in [-0.4, -0.2) is 19.7 Å². The number of nitrogens with two attached hydrogens (primary N) is 1. The molecule has 0 saturated carbocycles. The lowest BCUT2D eigenvalue weighted by atomic mass is 9.98. The van der Waals surface area contributed by atoms with Crippen LogP contribution in [0.25, 0.3) is 0 Å².